The molecule has 1 heterocycles. The fourth-order valence-corrected chi connectivity index (χ4v) is 4.20. The van der Waals surface area contributed by atoms with Gasteiger partial charge in [0.2, 0.25) is 0 Å². The highest BCUT2D eigenvalue weighted by atomic mass is 16.5. The van der Waals surface area contributed by atoms with E-state index in [0.717, 1.165) is 51.3 Å². The Bertz CT molecular complexity index is 955. The van der Waals surface area contributed by atoms with Crippen molar-refractivity contribution in [1.29, 1.82) is 0 Å². The van der Waals surface area contributed by atoms with Crippen LogP contribution in [0.2, 0.25) is 0 Å². The molecule has 1 aliphatic rings. The normalized spacial score (nSPS) is 13.5. The van der Waals surface area contributed by atoms with Gasteiger partial charge in [0.25, 0.3) is 5.91 Å². The number of likely N-dealkylation sites (N-methyl/N-ethyl adjacent to an activating group) is 1. The van der Waals surface area contributed by atoms with Gasteiger partial charge in [0.1, 0.15) is 5.75 Å². The molecule has 2 aromatic carbocycles. The number of urea groups is 1. The summed E-state index contributed by atoms with van der Waals surface area (Å²) in [4.78, 5) is 30.3. The molecule has 0 aliphatic carbocycles. The van der Waals surface area contributed by atoms with E-state index in [0.29, 0.717) is 29.2 Å². The third-order valence-electron chi connectivity index (χ3n) is 6.16. The second-order valence-corrected chi connectivity index (χ2v) is 8.34. The first-order chi connectivity index (χ1) is 16.5. The van der Waals surface area contributed by atoms with Crippen molar-refractivity contribution in [2.75, 3.05) is 61.9 Å². The zero-order chi connectivity index (χ0) is 24.3. The van der Waals surface area contributed by atoms with Gasteiger partial charge in [-0.25, -0.2) is 4.79 Å². The van der Waals surface area contributed by atoms with Gasteiger partial charge >= 0.3 is 6.03 Å². The number of hydrogen-bond donors (Lipinski definition) is 3. The van der Waals surface area contributed by atoms with E-state index in [-0.39, 0.29) is 5.91 Å². The quantitative estimate of drug-likeness (QED) is 0.482. The Morgan fingerprint density at radius 2 is 1.74 bits per heavy atom. The number of para-hydroxylation sites is 2. The number of rotatable bonds is 10. The molecule has 1 fully saturated rings. The smallest absolute Gasteiger partial charge is 0.323 e. The lowest BCUT2D eigenvalue weighted by atomic mass is 10.1. The Morgan fingerprint density at radius 3 is 2.44 bits per heavy atom. The van der Waals surface area contributed by atoms with Gasteiger partial charge < -0.3 is 30.5 Å². The van der Waals surface area contributed by atoms with Gasteiger partial charge in [-0.2, -0.15) is 0 Å². The van der Waals surface area contributed by atoms with Crippen molar-refractivity contribution in [1.82, 2.24) is 10.2 Å². The van der Waals surface area contributed by atoms with Crippen molar-refractivity contribution < 1.29 is 14.3 Å². The molecule has 0 radical (unpaired) electrons. The van der Waals surface area contributed by atoms with Crippen LogP contribution in [0.5, 0.6) is 5.75 Å². The summed E-state index contributed by atoms with van der Waals surface area (Å²) in [7, 11) is 1.56. The van der Waals surface area contributed by atoms with Gasteiger partial charge in [-0.3, -0.25) is 4.79 Å². The van der Waals surface area contributed by atoms with Crippen LogP contribution < -0.4 is 25.6 Å². The fraction of sp³-hybridized carbons (Fsp3) is 0.462. The summed E-state index contributed by atoms with van der Waals surface area (Å²) in [5, 5.41) is 8.71. The van der Waals surface area contributed by atoms with Gasteiger partial charge in [-0.05, 0) is 62.7 Å². The molecule has 8 heteroatoms. The third kappa shape index (κ3) is 6.87. The van der Waals surface area contributed by atoms with E-state index < -0.39 is 6.03 Å². The topological polar surface area (TPSA) is 85.9 Å². The standard InChI is InChI=1S/C26H37N5O3/c1-4-30(5-2)18-15-27-25(32)21-19-20(13-14-23(21)31-16-9-6-10-17-31)28-26(33)29-22-11-7-8-12-24(22)34-3/h7-8,11-14,19H,4-6,9-10,15-18H2,1-3H3,(H,27,32)(H2,28,29,33). The van der Waals surface area contributed by atoms with Crippen molar-refractivity contribution in [3.8, 4) is 5.75 Å². The van der Waals surface area contributed by atoms with Crippen LogP contribution in [0, 0.1) is 0 Å². The summed E-state index contributed by atoms with van der Waals surface area (Å²) in [6.07, 6.45) is 3.44. The maximum Gasteiger partial charge on any atom is 0.323 e. The number of carbonyl (C=O) groups excluding carboxylic acids is 2. The second-order valence-electron chi connectivity index (χ2n) is 8.34. The summed E-state index contributed by atoms with van der Waals surface area (Å²) in [5.41, 5.74) is 2.62. The maximum absolute atomic E-state index is 13.2. The van der Waals surface area contributed by atoms with Gasteiger partial charge in [0, 0.05) is 37.6 Å². The predicted octanol–water partition coefficient (Wildman–Crippen LogP) is 4.40. The largest absolute Gasteiger partial charge is 0.495 e. The molecular weight excluding hydrogens is 430 g/mol. The molecule has 8 nitrogen and oxygen atoms in total. The predicted molar refractivity (Wildman–Crippen MR) is 138 cm³/mol. The molecule has 0 spiro atoms. The zero-order valence-electron chi connectivity index (χ0n) is 20.5. The molecule has 34 heavy (non-hydrogen) atoms. The van der Waals surface area contributed by atoms with Crippen LogP contribution in [0.3, 0.4) is 0 Å². The lowest BCUT2D eigenvalue weighted by molar-refractivity contribution is 0.0949. The molecule has 2 aromatic rings. The van der Waals surface area contributed by atoms with E-state index in [2.05, 4.69) is 39.6 Å². The number of hydrogen-bond acceptors (Lipinski definition) is 5. The van der Waals surface area contributed by atoms with Gasteiger partial charge in [0.05, 0.1) is 18.4 Å². The number of piperidine rings is 1. The lowest BCUT2D eigenvalue weighted by Gasteiger charge is -2.30. The molecule has 0 bridgehead atoms. The lowest BCUT2D eigenvalue weighted by Crippen LogP contribution is -2.36. The van der Waals surface area contributed by atoms with Crippen LogP contribution in [-0.2, 0) is 0 Å². The van der Waals surface area contributed by atoms with Crippen molar-refractivity contribution in [3.63, 3.8) is 0 Å². The second kappa shape index (κ2) is 12.8. The number of anilines is 3. The minimum absolute atomic E-state index is 0.124. The van der Waals surface area contributed by atoms with E-state index in [1.165, 1.54) is 6.42 Å². The number of amides is 3. The first kappa shape index (κ1) is 25.4. The van der Waals surface area contributed by atoms with Crippen molar-refractivity contribution in [3.05, 3.63) is 48.0 Å². The van der Waals surface area contributed by atoms with Crippen molar-refractivity contribution in [2.45, 2.75) is 33.1 Å². The van der Waals surface area contributed by atoms with Gasteiger partial charge in [-0.1, -0.05) is 26.0 Å². The van der Waals surface area contributed by atoms with Crippen LogP contribution in [0.1, 0.15) is 43.5 Å². The van der Waals surface area contributed by atoms with Gasteiger partial charge in [0.15, 0.2) is 0 Å². The summed E-state index contributed by atoms with van der Waals surface area (Å²) in [5.74, 6) is 0.452. The first-order valence-electron chi connectivity index (χ1n) is 12.2. The Morgan fingerprint density at radius 1 is 1.00 bits per heavy atom. The molecule has 0 saturated carbocycles. The summed E-state index contributed by atoms with van der Waals surface area (Å²) >= 11 is 0. The molecule has 3 rings (SSSR count). The molecule has 0 unspecified atom stereocenters. The molecule has 3 N–H and O–H groups in total. The maximum atomic E-state index is 13.2. The first-order valence-corrected chi connectivity index (χ1v) is 12.2. The molecule has 1 saturated heterocycles. The van der Waals surface area contributed by atoms with Crippen LogP contribution in [0.4, 0.5) is 21.9 Å². The molecule has 3 amide bonds. The van der Waals surface area contributed by atoms with Crippen LogP contribution in [0.25, 0.3) is 0 Å². The van der Waals surface area contributed by atoms with Crippen molar-refractivity contribution >= 4 is 29.0 Å². The Balaban J connectivity index is 1.75. The summed E-state index contributed by atoms with van der Waals surface area (Å²) < 4.78 is 5.30. The zero-order valence-corrected chi connectivity index (χ0v) is 20.5. The van der Waals surface area contributed by atoms with Crippen LogP contribution in [0.15, 0.2) is 42.5 Å². The number of ether oxygens (including phenoxy) is 1. The average Bonchev–Trinajstić information content (AvgIpc) is 2.87. The molecule has 0 aromatic heterocycles. The van der Waals surface area contributed by atoms with E-state index in [1.54, 1.807) is 25.3 Å². The summed E-state index contributed by atoms with van der Waals surface area (Å²) in [6, 6.07) is 12.4. The fourth-order valence-electron chi connectivity index (χ4n) is 4.20. The van der Waals surface area contributed by atoms with Crippen molar-refractivity contribution in [2.24, 2.45) is 0 Å². The molecule has 184 valence electrons. The highest BCUT2D eigenvalue weighted by Gasteiger charge is 2.20. The molecular formula is C26H37N5O3. The number of nitrogens with zero attached hydrogens (tertiary/aromatic N) is 2. The highest BCUT2D eigenvalue weighted by molar-refractivity contribution is 6.04. The van der Waals surface area contributed by atoms with E-state index >= 15 is 0 Å². The molecule has 0 atom stereocenters. The highest BCUT2D eigenvalue weighted by Crippen LogP contribution is 2.28. The Hall–Kier alpha value is -3.26. The summed E-state index contributed by atoms with van der Waals surface area (Å²) in [6.45, 7) is 9.37. The minimum Gasteiger partial charge on any atom is -0.495 e. The van der Waals surface area contributed by atoms with Gasteiger partial charge in [-0.15, -0.1) is 0 Å². The number of methoxy groups -OCH3 is 1. The Labute approximate surface area is 202 Å². The van der Waals surface area contributed by atoms with Crippen LogP contribution in [-0.4, -0.2) is 63.2 Å². The third-order valence-corrected chi connectivity index (χ3v) is 6.16. The van der Waals surface area contributed by atoms with E-state index in [9.17, 15) is 9.59 Å². The van der Waals surface area contributed by atoms with E-state index in [4.69, 9.17) is 4.74 Å². The van der Waals surface area contributed by atoms with E-state index in [1.807, 2.05) is 24.3 Å². The number of benzene rings is 2. The SMILES string of the molecule is CCN(CC)CCNC(=O)c1cc(NC(=O)Nc2ccccc2OC)ccc1N1CCCCC1. The molecule has 1 aliphatic heterocycles. The van der Waals surface area contributed by atoms with Crippen LogP contribution >= 0.6 is 0 Å². The number of nitrogens with one attached hydrogen (secondary N) is 3. The monoisotopic (exact) mass is 467 g/mol. The minimum atomic E-state index is -0.400. The number of carbonyl (C=O) groups is 2. The Kier molecular flexibility index (Phi) is 9.58. The average molecular weight is 468 g/mol.